The fourth-order valence-corrected chi connectivity index (χ4v) is 6.73. The molecule has 8 nitrogen and oxygen atoms in total. The molecule has 2 saturated heterocycles. The highest BCUT2D eigenvalue weighted by molar-refractivity contribution is 5.79. The Bertz CT molecular complexity index is 1230. The number of H-pyrrole nitrogens is 1. The quantitative estimate of drug-likeness (QED) is 0.595. The molecule has 3 aromatic rings. The Balaban J connectivity index is 1.43. The maximum atomic E-state index is 13.6. The molecule has 0 bridgehead atoms. The molecule has 35 heavy (non-hydrogen) atoms. The number of pyridine rings is 1. The predicted octanol–water partition coefficient (Wildman–Crippen LogP) is 4.14. The van der Waals surface area contributed by atoms with Crippen LogP contribution in [0.5, 0.6) is 0 Å². The van der Waals surface area contributed by atoms with Crippen molar-refractivity contribution in [3.05, 3.63) is 51.6 Å². The number of aromatic amines is 1. The fourth-order valence-electron chi connectivity index (χ4n) is 6.73. The molecule has 0 amide bonds. The van der Waals surface area contributed by atoms with Gasteiger partial charge in [0.2, 0.25) is 0 Å². The van der Waals surface area contributed by atoms with Crippen molar-refractivity contribution in [1.82, 2.24) is 30.1 Å². The maximum absolute atomic E-state index is 13.6. The number of likely N-dealkylation sites (tertiary alicyclic amines) is 1. The lowest BCUT2D eigenvalue weighted by molar-refractivity contribution is 0.0326. The van der Waals surface area contributed by atoms with Gasteiger partial charge in [-0.25, -0.2) is 4.68 Å². The molecule has 4 heterocycles. The van der Waals surface area contributed by atoms with Gasteiger partial charge in [0, 0.05) is 24.2 Å². The SMILES string of the molecule is Cc1ccc2cc([C@@H](c3nnnn3C[C@H]3CCCO3)N3CCCC4(CCCCC4)C3)c(=O)[nH]c2c1. The first-order chi connectivity index (χ1) is 17.1. The molecule has 3 fully saturated rings. The zero-order chi connectivity index (χ0) is 23.8. The van der Waals surface area contributed by atoms with Gasteiger partial charge in [-0.2, -0.15) is 0 Å². The smallest absolute Gasteiger partial charge is 0.253 e. The first-order valence-electron chi connectivity index (χ1n) is 13.4. The van der Waals surface area contributed by atoms with Gasteiger partial charge in [-0.1, -0.05) is 31.4 Å². The van der Waals surface area contributed by atoms with E-state index in [0.717, 1.165) is 66.8 Å². The van der Waals surface area contributed by atoms with Gasteiger partial charge >= 0.3 is 0 Å². The van der Waals surface area contributed by atoms with Crippen molar-refractivity contribution in [2.45, 2.75) is 83.4 Å². The summed E-state index contributed by atoms with van der Waals surface area (Å²) in [4.78, 5) is 19.2. The Morgan fingerprint density at radius 3 is 2.83 bits per heavy atom. The second-order valence-electron chi connectivity index (χ2n) is 11.0. The van der Waals surface area contributed by atoms with Crippen molar-refractivity contribution in [2.24, 2.45) is 5.41 Å². The summed E-state index contributed by atoms with van der Waals surface area (Å²) in [5.41, 5.74) is 3.04. The van der Waals surface area contributed by atoms with Crippen molar-refractivity contribution in [2.75, 3.05) is 19.7 Å². The lowest BCUT2D eigenvalue weighted by Gasteiger charge is -2.47. The third-order valence-electron chi connectivity index (χ3n) is 8.50. The normalized spacial score (nSPS) is 23.7. The number of benzene rings is 1. The highest BCUT2D eigenvalue weighted by Gasteiger charge is 2.41. The molecule has 1 saturated carbocycles. The number of hydrogen-bond acceptors (Lipinski definition) is 6. The molecule has 186 valence electrons. The van der Waals surface area contributed by atoms with Gasteiger partial charge in [-0.15, -0.1) is 5.10 Å². The topological polar surface area (TPSA) is 88.9 Å². The standard InChI is InChI=1S/C27H36N6O2/c1-19-8-9-20-16-22(26(34)28-23(20)15-19)24(25-29-30-31-33(25)17-21-7-5-14-35-21)32-13-6-12-27(18-32)10-3-2-4-11-27/h8-9,15-16,21,24H,2-7,10-14,17-18H2,1H3,(H,28,34)/t21-,24+/m1/s1. The van der Waals surface area contributed by atoms with E-state index < -0.39 is 0 Å². The van der Waals surface area contributed by atoms with Crippen LogP contribution in [0.3, 0.4) is 0 Å². The minimum atomic E-state index is -0.278. The highest BCUT2D eigenvalue weighted by Crippen LogP contribution is 2.45. The number of tetrazole rings is 1. The van der Waals surface area contributed by atoms with Gasteiger partial charge in [0.15, 0.2) is 5.82 Å². The molecule has 2 aromatic heterocycles. The van der Waals surface area contributed by atoms with Crippen molar-refractivity contribution in [1.29, 1.82) is 0 Å². The lowest BCUT2D eigenvalue weighted by atomic mass is 9.69. The Morgan fingerprint density at radius 1 is 1.14 bits per heavy atom. The Hall–Kier alpha value is -2.58. The van der Waals surface area contributed by atoms with Crippen molar-refractivity contribution in [3.63, 3.8) is 0 Å². The summed E-state index contributed by atoms with van der Waals surface area (Å²) >= 11 is 0. The lowest BCUT2D eigenvalue weighted by Crippen LogP contribution is -2.47. The number of nitrogens with zero attached hydrogens (tertiary/aromatic N) is 5. The van der Waals surface area contributed by atoms with Gasteiger partial charge in [0.05, 0.1) is 12.6 Å². The minimum Gasteiger partial charge on any atom is -0.376 e. The van der Waals surface area contributed by atoms with Gasteiger partial charge in [-0.3, -0.25) is 9.69 Å². The molecule has 1 N–H and O–H groups in total. The highest BCUT2D eigenvalue weighted by atomic mass is 16.5. The number of fused-ring (bicyclic) bond motifs is 1. The van der Waals surface area contributed by atoms with Crippen LogP contribution in [0.2, 0.25) is 0 Å². The minimum absolute atomic E-state index is 0.0527. The van der Waals surface area contributed by atoms with Crippen LogP contribution in [-0.4, -0.2) is 55.9 Å². The summed E-state index contributed by atoms with van der Waals surface area (Å²) in [5, 5.41) is 14.0. The first kappa shape index (κ1) is 22.9. The fraction of sp³-hybridized carbons (Fsp3) is 0.630. The number of rotatable bonds is 5. The number of aromatic nitrogens is 5. The van der Waals surface area contributed by atoms with Crippen molar-refractivity contribution in [3.8, 4) is 0 Å². The van der Waals surface area contributed by atoms with Crippen LogP contribution in [0.4, 0.5) is 0 Å². The largest absolute Gasteiger partial charge is 0.376 e. The maximum Gasteiger partial charge on any atom is 0.253 e. The summed E-state index contributed by atoms with van der Waals surface area (Å²) in [5.74, 6) is 0.755. The zero-order valence-corrected chi connectivity index (χ0v) is 20.7. The number of ether oxygens (including phenoxy) is 1. The molecule has 1 aliphatic carbocycles. The van der Waals surface area contributed by atoms with E-state index in [4.69, 9.17) is 4.74 Å². The van der Waals surface area contributed by atoms with E-state index in [2.05, 4.69) is 43.6 Å². The second kappa shape index (κ2) is 9.47. The van der Waals surface area contributed by atoms with Crippen LogP contribution in [0.1, 0.15) is 80.8 Å². The van der Waals surface area contributed by atoms with Gasteiger partial charge in [-0.05, 0) is 90.9 Å². The van der Waals surface area contributed by atoms with Gasteiger partial charge < -0.3 is 9.72 Å². The molecule has 1 spiro atoms. The molecular formula is C27H36N6O2. The number of nitrogens with one attached hydrogen (secondary N) is 1. The average Bonchev–Trinajstić information content (AvgIpc) is 3.53. The van der Waals surface area contributed by atoms with E-state index in [1.807, 2.05) is 17.7 Å². The molecule has 0 unspecified atom stereocenters. The van der Waals surface area contributed by atoms with E-state index in [0.29, 0.717) is 12.0 Å². The van der Waals surface area contributed by atoms with E-state index in [9.17, 15) is 4.79 Å². The van der Waals surface area contributed by atoms with Crippen LogP contribution in [0.25, 0.3) is 10.9 Å². The molecule has 1 aromatic carbocycles. The van der Waals surface area contributed by atoms with E-state index in [1.54, 1.807) is 0 Å². The van der Waals surface area contributed by atoms with Crippen molar-refractivity contribution >= 4 is 10.9 Å². The molecule has 8 heteroatoms. The van der Waals surface area contributed by atoms with Crippen LogP contribution in [0.15, 0.2) is 29.1 Å². The molecule has 0 radical (unpaired) electrons. The first-order valence-corrected chi connectivity index (χ1v) is 13.4. The Kier molecular flexibility index (Phi) is 6.18. The molecule has 2 aliphatic heterocycles. The number of hydrogen-bond donors (Lipinski definition) is 1. The zero-order valence-electron chi connectivity index (χ0n) is 20.7. The van der Waals surface area contributed by atoms with Crippen LogP contribution >= 0.6 is 0 Å². The summed E-state index contributed by atoms with van der Waals surface area (Å²) in [7, 11) is 0. The monoisotopic (exact) mass is 476 g/mol. The summed E-state index contributed by atoms with van der Waals surface area (Å²) < 4.78 is 7.79. The summed E-state index contributed by atoms with van der Waals surface area (Å²) in [6.07, 6.45) is 11.2. The van der Waals surface area contributed by atoms with Crippen LogP contribution in [0, 0.1) is 12.3 Å². The Morgan fingerprint density at radius 2 is 2.00 bits per heavy atom. The van der Waals surface area contributed by atoms with E-state index in [-0.39, 0.29) is 17.7 Å². The van der Waals surface area contributed by atoms with Crippen LogP contribution in [-0.2, 0) is 11.3 Å². The third kappa shape index (κ3) is 4.54. The molecular weight excluding hydrogens is 440 g/mol. The number of piperidine rings is 1. The third-order valence-corrected chi connectivity index (χ3v) is 8.50. The van der Waals surface area contributed by atoms with Gasteiger partial charge in [0.1, 0.15) is 6.04 Å². The van der Waals surface area contributed by atoms with E-state index >= 15 is 0 Å². The number of aryl methyl sites for hydroxylation is 1. The molecule has 6 rings (SSSR count). The predicted molar refractivity (Wildman–Crippen MR) is 134 cm³/mol. The average molecular weight is 477 g/mol. The summed E-state index contributed by atoms with van der Waals surface area (Å²) in [6, 6.07) is 8.01. The summed E-state index contributed by atoms with van der Waals surface area (Å²) in [6.45, 7) is 5.41. The molecule has 3 aliphatic rings. The van der Waals surface area contributed by atoms with Crippen LogP contribution < -0.4 is 5.56 Å². The van der Waals surface area contributed by atoms with Crippen molar-refractivity contribution < 1.29 is 4.74 Å². The van der Waals surface area contributed by atoms with E-state index in [1.165, 1.54) is 38.5 Å². The molecule has 2 atom stereocenters. The second-order valence-corrected chi connectivity index (χ2v) is 11.0. The Labute approximate surface area is 206 Å². The van der Waals surface area contributed by atoms with Gasteiger partial charge in [0.25, 0.3) is 5.56 Å².